The number of unbranched alkanes of at least 4 members (excludes halogenated alkanes) is 2. The van der Waals surface area contributed by atoms with Crippen LogP contribution in [-0.2, 0) is 14.3 Å². The van der Waals surface area contributed by atoms with E-state index < -0.39 is 22.6 Å². The van der Waals surface area contributed by atoms with Crippen molar-refractivity contribution >= 4 is 57.9 Å². The maximum Gasteiger partial charge on any atom is 0.353 e. The summed E-state index contributed by atoms with van der Waals surface area (Å²) in [6, 6.07) is 13.4. The highest BCUT2D eigenvalue weighted by molar-refractivity contribution is 6.03. The number of ether oxygens (including phenoxy) is 3. The monoisotopic (exact) mass is 829 g/mol. The number of aromatic nitrogens is 4. The summed E-state index contributed by atoms with van der Waals surface area (Å²) >= 11 is 0. The van der Waals surface area contributed by atoms with Crippen molar-refractivity contribution in [2.24, 2.45) is 0 Å². The van der Waals surface area contributed by atoms with Gasteiger partial charge in [0, 0.05) is 4.34 Å². The number of nitro groups is 1. The number of carbonyl (C=O) groups is 2. The van der Waals surface area contributed by atoms with Gasteiger partial charge in [0.1, 0.15) is 12.2 Å². The lowest BCUT2D eigenvalue weighted by molar-refractivity contribution is -0.383. The second kappa shape index (κ2) is 22.6. The number of amides is 1. The number of benzene rings is 2. The number of anilines is 5. The maximum absolute atomic E-state index is 12.3. The summed E-state index contributed by atoms with van der Waals surface area (Å²) in [6.45, 7) is 24.4. The van der Waals surface area contributed by atoms with E-state index in [1.165, 1.54) is 12.3 Å². The molecule has 0 saturated heterocycles. The Morgan fingerprint density at radius 3 is 2.02 bits per heavy atom. The fraction of sp³-hybridized carbons (Fsp3) is 0.415. The number of nitrogens with one attached hydrogen (secondary N) is 1. The quantitative estimate of drug-likeness (QED) is 0.0300. The van der Waals surface area contributed by atoms with Gasteiger partial charge in [0.25, 0.3) is 0 Å². The second-order valence-corrected chi connectivity index (χ2v) is 13.2. The number of hydrogen-bond donors (Lipinski definition) is 3. The summed E-state index contributed by atoms with van der Waals surface area (Å²) in [6.07, 6.45) is 3.51. The van der Waals surface area contributed by atoms with E-state index in [2.05, 4.69) is 41.9 Å². The minimum absolute atomic E-state index is 0.110. The molecule has 4 aromatic rings. The molecule has 0 saturated carbocycles. The molecule has 19 nitrogen and oxygen atoms in total. The highest BCUT2D eigenvalue weighted by atomic mass is 16.6. The summed E-state index contributed by atoms with van der Waals surface area (Å²) in [7, 11) is 1.25. The van der Waals surface area contributed by atoms with Gasteiger partial charge in [0.2, 0.25) is 17.5 Å². The van der Waals surface area contributed by atoms with Gasteiger partial charge in [-0.2, -0.15) is 19.9 Å². The molecule has 5 rings (SSSR count). The van der Waals surface area contributed by atoms with Crippen LogP contribution in [0, 0.1) is 23.3 Å². The van der Waals surface area contributed by atoms with E-state index in [1.807, 2.05) is 30.9 Å². The number of nitrogens with two attached hydrogens (primary N) is 2. The molecular weight excluding hydrogens is 773 g/mol. The van der Waals surface area contributed by atoms with Crippen molar-refractivity contribution in [1.82, 2.24) is 19.9 Å². The Morgan fingerprint density at radius 2 is 1.50 bits per heavy atom. The lowest BCUT2D eigenvalue weighted by Gasteiger charge is -2.35. The molecule has 3 heterocycles. The van der Waals surface area contributed by atoms with Crippen LogP contribution in [0.3, 0.4) is 0 Å². The van der Waals surface area contributed by atoms with Crippen LogP contribution >= 0.6 is 0 Å². The Labute approximate surface area is 354 Å². The van der Waals surface area contributed by atoms with Crippen LogP contribution in [0.4, 0.5) is 46.0 Å². The summed E-state index contributed by atoms with van der Waals surface area (Å²) in [4.78, 5) is 62.5. The van der Waals surface area contributed by atoms with Crippen LogP contribution in [0.15, 0.2) is 48.5 Å². The zero-order chi connectivity index (χ0) is 47.1. The Balaban J connectivity index is 0.000000406. The van der Waals surface area contributed by atoms with Gasteiger partial charge in [-0.3, -0.25) is 19.7 Å². The molecule has 1 aliphatic heterocycles. The first-order valence-electron chi connectivity index (χ1n) is 21.0. The summed E-state index contributed by atoms with van der Waals surface area (Å²) in [5.41, 5.74) is 14.5. The molecule has 60 heavy (non-hydrogen) atoms. The predicted octanol–water partition coefficient (Wildman–Crippen LogP) is 8.02. The third-order valence-electron chi connectivity index (χ3n) is 9.08. The van der Waals surface area contributed by atoms with Gasteiger partial charge < -0.3 is 40.8 Å². The number of hydrogen-bond acceptors (Lipinski definition) is 15. The first-order valence-corrected chi connectivity index (χ1v) is 19.0. The van der Waals surface area contributed by atoms with E-state index in [1.54, 1.807) is 50.2 Å². The first kappa shape index (κ1) is 43.8. The van der Waals surface area contributed by atoms with Crippen molar-refractivity contribution in [1.29, 1.82) is 0 Å². The summed E-state index contributed by atoms with van der Waals surface area (Å²) in [5.74, 6) is -0.561. The molecule has 1 amide bonds. The van der Waals surface area contributed by atoms with Gasteiger partial charge in [-0.15, -0.1) is 0 Å². The maximum atomic E-state index is 12.3. The molecule has 0 spiro atoms. The van der Waals surface area contributed by atoms with Gasteiger partial charge >= 0.3 is 23.7 Å². The van der Waals surface area contributed by atoms with Crippen molar-refractivity contribution < 1.29 is 33.1 Å². The minimum Gasteiger partial charge on any atom is -0.465 e. The number of esters is 1. The average molecular weight is 830 g/mol. The summed E-state index contributed by atoms with van der Waals surface area (Å²) in [5, 5.41) is 14.6. The average Bonchev–Trinajstić information content (AvgIpc) is 3.29. The topological polar surface area (TPSA) is 236 Å². The van der Waals surface area contributed by atoms with Gasteiger partial charge in [-0.1, -0.05) is 82.6 Å². The van der Waals surface area contributed by atoms with Crippen LogP contribution in [0.1, 0.15) is 95.3 Å². The lowest BCUT2D eigenvalue weighted by atomic mass is 10.1. The zero-order valence-corrected chi connectivity index (χ0v) is 34.7. The van der Waals surface area contributed by atoms with E-state index in [0.29, 0.717) is 41.7 Å². The molecule has 2 unspecified atom stereocenters. The smallest absolute Gasteiger partial charge is 0.353 e. The van der Waals surface area contributed by atoms with Crippen molar-refractivity contribution in [3.63, 3.8) is 0 Å². The molecule has 0 bridgehead atoms. The van der Waals surface area contributed by atoms with Crippen molar-refractivity contribution in [3.8, 4) is 12.0 Å². The minimum atomic E-state index is -0.687. The highest BCUT2D eigenvalue weighted by Gasteiger charge is 2.33. The highest BCUT2D eigenvalue weighted by Crippen LogP contribution is 2.39. The molecule has 2 atom stereocenters. The van der Waals surface area contributed by atoms with Crippen molar-refractivity contribution in [2.75, 3.05) is 59.5 Å². The predicted molar refractivity (Wildman–Crippen MR) is 231 cm³/mol. The molecular formula is C41H54N12O7. The Kier molecular flexibility index (Phi) is 16.5. The molecule has 320 valence electrons. The normalized spacial score (nSPS) is 12.6. The number of rotatable bonds is 17. The zero-order valence-electron chi connectivity index (χ0n) is 37.7. The van der Waals surface area contributed by atoms with Crippen LogP contribution in [0.25, 0.3) is 9.69 Å². The second-order valence-electron chi connectivity index (χ2n) is 13.2. The van der Waals surface area contributed by atoms with E-state index >= 15 is 0 Å². The Morgan fingerprint density at radius 1 is 0.967 bits per heavy atom. The molecule has 0 radical (unpaired) electrons. The molecule has 5 N–H and O–H groups in total. The third-order valence-corrected chi connectivity index (χ3v) is 9.08. The number of fused-ring (bicyclic) bond motifs is 1. The molecule has 19 heteroatoms. The summed E-state index contributed by atoms with van der Waals surface area (Å²) < 4.78 is 31.9. The van der Waals surface area contributed by atoms with Crippen molar-refractivity contribution in [2.45, 2.75) is 79.8 Å². The van der Waals surface area contributed by atoms with Gasteiger partial charge in [-0.25, -0.2) is 9.69 Å². The molecule has 1 aliphatic rings. The number of carbonyl (C=O) groups excluding carboxylic acids is 2. The molecule has 2 aromatic carbocycles. The van der Waals surface area contributed by atoms with Crippen LogP contribution < -0.4 is 36.1 Å². The standard InChI is InChI=1S/C21H26N6O5.C19H22N6O2.CH4.H2/c1-5-7-12-32-21-24-19(22)18(27(29)30)20(25-21)26(13-17(28)31-6-2)14(3)15-8-10-16(23-4)11-9-15;1-4-5-10-27-19-23-17(20)16-18(24-19)25(11-15(26)22-16)12(2)13-6-8-14(21-3)9-7-13;;/h8-11,14H,5-7,12-13H2,1-3H3,(H2,22,24,25);6-9,12H,4-5,10-11H2,1-2H3,(H,22,26)(H2,20,23,24);1H4;1H/i;;1D;1+1D. The van der Waals surface area contributed by atoms with Gasteiger partial charge in [-0.05, 0) is 44.7 Å². The fourth-order valence-electron chi connectivity index (χ4n) is 5.82. The fourth-order valence-corrected chi connectivity index (χ4v) is 5.82. The first-order chi connectivity index (χ1) is 30.3. The van der Waals surface area contributed by atoms with Gasteiger partial charge in [0.05, 0.1) is 56.5 Å². The van der Waals surface area contributed by atoms with E-state index in [0.717, 1.165) is 31.2 Å². The molecule has 0 aliphatic carbocycles. The number of nitrogens with zero attached hydrogens (tertiary/aromatic N) is 9. The molecule has 0 fully saturated rings. The number of nitrogen functional groups attached to an aromatic ring is 2. The van der Waals surface area contributed by atoms with Crippen LogP contribution in [0.5, 0.6) is 12.0 Å². The van der Waals surface area contributed by atoms with Crippen LogP contribution in [0.2, 0.25) is 0 Å². The lowest BCUT2D eigenvalue weighted by Crippen LogP contribution is -2.41. The van der Waals surface area contributed by atoms with E-state index in [-0.39, 0.29) is 61.1 Å². The van der Waals surface area contributed by atoms with Gasteiger partial charge in [0.15, 0.2) is 23.0 Å². The van der Waals surface area contributed by atoms with E-state index in [9.17, 15) is 19.7 Å². The Hall–Kier alpha value is -7.28. The Bertz CT molecular complexity index is 2190. The molecule has 2 aromatic heterocycles. The SMILES string of the molecule is [2H]C.[2H][2H].[C-]#[N+]c1ccc(C(C)N(CC(=O)OCC)c2nc(OCCCC)nc(N)c2[N+](=O)[O-])cc1.[C-]#[N+]c1ccc(C(C)N2CC(=O)Nc3c(N)nc(OCCCC)nc32)cc1. The third kappa shape index (κ3) is 12.1. The van der Waals surface area contributed by atoms with Crippen LogP contribution in [-0.4, -0.2) is 69.6 Å². The van der Waals surface area contributed by atoms with E-state index in [4.69, 9.17) is 43.2 Å². The largest absolute Gasteiger partial charge is 0.465 e. The van der Waals surface area contributed by atoms with Crippen molar-refractivity contribution in [3.05, 3.63) is 92.6 Å².